The Labute approximate surface area is 208 Å². The van der Waals surface area contributed by atoms with Crippen LogP contribution in [0.5, 0.6) is 0 Å². The molecule has 0 aliphatic carbocycles. The topological polar surface area (TPSA) is 113 Å². The van der Waals surface area contributed by atoms with Gasteiger partial charge in [0.15, 0.2) is 5.43 Å². The third-order valence-corrected chi connectivity index (χ3v) is 6.63. The molecule has 0 amide bonds. The Hall–Kier alpha value is -3.98. The van der Waals surface area contributed by atoms with E-state index in [1.165, 1.54) is 0 Å². The molecule has 0 saturated carbocycles. The molecule has 0 spiro atoms. The van der Waals surface area contributed by atoms with E-state index in [-0.39, 0.29) is 5.43 Å². The molecule has 2 aromatic heterocycles. The highest BCUT2D eigenvalue weighted by Gasteiger charge is 2.18. The van der Waals surface area contributed by atoms with Gasteiger partial charge in [-0.3, -0.25) is 4.79 Å². The molecule has 186 valence electrons. The summed E-state index contributed by atoms with van der Waals surface area (Å²) in [6.07, 6.45) is 4.43. The lowest BCUT2D eigenvalue weighted by Crippen LogP contribution is -2.37. The van der Waals surface area contributed by atoms with Crippen molar-refractivity contribution in [1.29, 1.82) is 0 Å². The van der Waals surface area contributed by atoms with E-state index in [1.54, 1.807) is 22.9 Å². The van der Waals surface area contributed by atoms with Crippen molar-refractivity contribution in [3.8, 4) is 11.3 Å². The summed E-state index contributed by atoms with van der Waals surface area (Å²) in [6.45, 7) is 5.18. The molecule has 0 radical (unpaired) electrons. The normalized spacial score (nSPS) is 13.9. The number of hydrogen-bond acceptors (Lipinski definition) is 6. The van der Waals surface area contributed by atoms with Crippen LogP contribution in [0.15, 0.2) is 53.5 Å². The van der Waals surface area contributed by atoms with Crippen molar-refractivity contribution in [1.82, 2.24) is 20.0 Å². The average Bonchev–Trinajstić information content (AvgIpc) is 3.36. The number of benzene rings is 2. The highest BCUT2D eigenvalue weighted by atomic mass is 16.5. The summed E-state index contributed by atoms with van der Waals surface area (Å²) in [7, 11) is 0. The lowest BCUT2D eigenvalue weighted by Gasteiger charge is -2.28. The van der Waals surface area contributed by atoms with Crippen molar-refractivity contribution in [3.63, 3.8) is 0 Å². The average molecular weight is 488 g/mol. The summed E-state index contributed by atoms with van der Waals surface area (Å²) in [5, 5.41) is 19.0. The number of carbonyl (C=O) groups is 1. The van der Waals surface area contributed by atoms with Crippen molar-refractivity contribution in [2.24, 2.45) is 0 Å². The van der Waals surface area contributed by atoms with E-state index in [1.807, 2.05) is 30.5 Å². The predicted molar refractivity (Wildman–Crippen MR) is 138 cm³/mol. The van der Waals surface area contributed by atoms with Crippen LogP contribution in [0.2, 0.25) is 0 Å². The summed E-state index contributed by atoms with van der Waals surface area (Å²) in [5.41, 5.74) is 4.19. The summed E-state index contributed by atoms with van der Waals surface area (Å²) >= 11 is 0. The Morgan fingerprint density at radius 3 is 2.75 bits per heavy atom. The number of rotatable bonds is 8. The number of nitrogens with zero attached hydrogens (tertiary/aromatic N) is 4. The number of aromatic amines is 1. The fourth-order valence-electron chi connectivity index (χ4n) is 4.75. The van der Waals surface area contributed by atoms with Gasteiger partial charge in [0.2, 0.25) is 0 Å². The van der Waals surface area contributed by atoms with Crippen molar-refractivity contribution >= 4 is 22.7 Å². The second kappa shape index (κ2) is 10.3. The largest absolute Gasteiger partial charge is 0.478 e. The minimum Gasteiger partial charge on any atom is -0.478 e. The molecule has 0 atom stereocenters. The molecule has 5 rings (SSSR count). The smallest absolute Gasteiger partial charge is 0.335 e. The zero-order valence-corrected chi connectivity index (χ0v) is 20.2. The van der Waals surface area contributed by atoms with Gasteiger partial charge in [0, 0.05) is 30.1 Å². The number of carboxylic acids is 1. The minimum absolute atomic E-state index is 0.0504. The number of anilines is 1. The lowest BCUT2D eigenvalue weighted by atomic mass is 9.96. The maximum absolute atomic E-state index is 12.9. The first-order valence-corrected chi connectivity index (χ1v) is 12.3. The fraction of sp³-hybridized carbons (Fsp3) is 0.333. The second-order valence-electron chi connectivity index (χ2n) is 9.00. The van der Waals surface area contributed by atoms with Crippen molar-refractivity contribution in [2.75, 3.05) is 31.2 Å². The lowest BCUT2D eigenvalue weighted by molar-refractivity contribution is 0.0695. The van der Waals surface area contributed by atoms with Gasteiger partial charge in [-0.1, -0.05) is 42.8 Å². The van der Waals surface area contributed by atoms with Crippen LogP contribution in [0.4, 0.5) is 5.82 Å². The monoisotopic (exact) mass is 487 g/mol. The van der Waals surface area contributed by atoms with Gasteiger partial charge in [-0.05, 0) is 36.1 Å². The first kappa shape index (κ1) is 23.7. The number of aromatic carboxylic acids is 1. The maximum Gasteiger partial charge on any atom is 0.335 e. The number of unbranched alkanes of at least 4 members (excludes halogenated alkanes) is 1. The maximum atomic E-state index is 12.9. The summed E-state index contributed by atoms with van der Waals surface area (Å²) in [5.74, 6) is -0.153. The molecule has 1 saturated heterocycles. The van der Waals surface area contributed by atoms with Gasteiger partial charge < -0.3 is 19.7 Å². The number of carboxylic acid groups (broad SMARTS) is 1. The van der Waals surface area contributed by atoms with E-state index in [4.69, 9.17) is 4.74 Å². The van der Waals surface area contributed by atoms with Crippen LogP contribution in [0, 0.1) is 0 Å². The summed E-state index contributed by atoms with van der Waals surface area (Å²) < 4.78 is 7.16. The Kier molecular flexibility index (Phi) is 6.81. The number of morpholine rings is 1. The van der Waals surface area contributed by atoms with Crippen LogP contribution in [0.3, 0.4) is 0 Å². The standard InChI is InChI=1S/C27H29N5O4/c1-2-3-7-19-18(6-4-8-20(19)27(34)35)16-32-17-23(29-30-32)21-9-5-10-22-24(33)15-25(28-26(21)22)31-11-13-36-14-12-31/h4-6,8-10,15,17H,2-3,7,11-14,16H2,1H3,(H,28,33)(H,34,35). The Morgan fingerprint density at radius 2 is 1.97 bits per heavy atom. The van der Waals surface area contributed by atoms with Gasteiger partial charge >= 0.3 is 5.97 Å². The molecular weight excluding hydrogens is 458 g/mol. The summed E-state index contributed by atoms with van der Waals surface area (Å²) in [4.78, 5) is 30.3. The molecule has 1 aliphatic heterocycles. The SMILES string of the molecule is CCCCc1c(Cn2cc(-c3cccc4c(=O)cc(N5CCOCC5)[nH]c34)nn2)cccc1C(=O)O. The number of nitrogens with one attached hydrogen (secondary N) is 1. The van der Waals surface area contributed by atoms with Crippen LogP contribution >= 0.6 is 0 Å². The third kappa shape index (κ3) is 4.74. The Balaban J connectivity index is 1.50. The quantitative estimate of drug-likeness (QED) is 0.389. The molecule has 3 heterocycles. The highest BCUT2D eigenvalue weighted by molar-refractivity contribution is 5.93. The van der Waals surface area contributed by atoms with Crippen LogP contribution in [0.25, 0.3) is 22.2 Å². The first-order valence-electron chi connectivity index (χ1n) is 12.3. The van der Waals surface area contributed by atoms with E-state index in [0.717, 1.165) is 54.0 Å². The van der Waals surface area contributed by atoms with E-state index < -0.39 is 5.97 Å². The van der Waals surface area contributed by atoms with Gasteiger partial charge in [0.1, 0.15) is 11.5 Å². The molecule has 4 aromatic rings. The summed E-state index contributed by atoms with van der Waals surface area (Å²) in [6, 6.07) is 12.6. The number of H-pyrrole nitrogens is 1. The van der Waals surface area contributed by atoms with Gasteiger partial charge in [0.25, 0.3) is 0 Å². The fourth-order valence-corrected chi connectivity index (χ4v) is 4.75. The molecule has 2 N–H and O–H groups in total. The number of para-hydroxylation sites is 1. The van der Waals surface area contributed by atoms with Gasteiger partial charge in [-0.2, -0.15) is 0 Å². The van der Waals surface area contributed by atoms with E-state index >= 15 is 0 Å². The number of pyridine rings is 1. The van der Waals surface area contributed by atoms with E-state index in [9.17, 15) is 14.7 Å². The molecule has 1 fully saturated rings. The minimum atomic E-state index is -0.919. The third-order valence-electron chi connectivity index (χ3n) is 6.63. The Morgan fingerprint density at radius 1 is 1.17 bits per heavy atom. The highest BCUT2D eigenvalue weighted by Crippen LogP contribution is 2.27. The molecule has 0 bridgehead atoms. The number of aromatic nitrogens is 4. The molecule has 36 heavy (non-hydrogen) atoms. The van der Waals surface area contributed by atoms with E-state index in [0.29, 0.717) is 42.8 Å². The van der Waals surface area contributed by atoms with Gasteiger partial charge in [-0.15, -0.1) is 5.10 Å². The van der Waals surface area contributed by atoms with Crippen molar-refractivity contribution in [3.05, 3.63) is 75.6 Å². The zero-order valence-electron chi connectivity index (χ0n) is 20.2. The molecule has 9 nitrogen and oxygen atoms in total. The predicted octanol–water partition coefficient (Wildman–Crippen LogP) is 3.71. The molecular formula is C27H29N5O4. The first-order chi connectivity index (χ1) is 17.5. The molecule has 2 aromatic carbocycles. The van der Waals surface area contributed by atoms with Crippen molar-refractivity contribution in [2.45, 2.75) is 32.7 Å². The molecule has 0 unspecified atom stereocenters. The molecule has 9 heteroatoms. The van der Waals surface area contributed by atoms with Crippen LogP contribution in [-0.2, 0) is 17.7 Å². The number of fused-ring (bicyclic) bond motifs is 1. The van der Waals surface area contributed by atoms with E-state index in [2.05, 4.69) is 27.1 Å². The number of ether oxygens (including phenoxy) is 1. The van der Waals surface area contributed by atoms with Gasteiger partial charge in [-0.25, -0.2) is 9.48 Å². The van der Waals surface area contributed by atoms with Crippen LogP contribution in [0.1, 0.15) is 41.3 Å². The van der Waals surface area contributed by atoms with Crippen molar-refractivity contribution < 1.29 is 14.6 Å². The van der Waals surface area contributed by atoms with Crippen LogP contribution < -0.4 is 10.3 Å². The molecule has 1 aliphatic rings. The van der Waals surface area contributed by atoms with Crippen LogP contribution in [-0.4, -0.2) is 57.4 Å². The van der Waals surface area contributed by atoms with Gasteiger partial charge in [0.05, 0.1) is 37.0 Å². The zero-order chi connectivity index (χ0) is 25.1. The Bertz CT molecular complexity index is 1450. The second-order valence-corrected chi connectivity index (χ2v) is 9.00. The number of hydrogen-bond donors (Lipinski definition) is 2.